The summed E-state index contributed by atoms with van der Waals surface area (Å²) in [6.07, 6.45) is 5.75. The molecule has 1 fully saturated rings. The Morgan fingerprint density at radius 3 is 2.87 bits per heavy atom. The minimum Gasteiger partial charge on any atom is -0.383 e. The van der Waals surface area contributed by atoms with E-state index in [1.165, 1.54) is 42.4 Å². The molecule has 1 amide bonds. The van der Waals surface area contributed by atoms with Crippen molar-refractivity contribution < 1.29 is 4.79 Å². The highest BCUT2D eigenvalue weighted by atomic mass is 32.2. The monoisotopic (exact) mass is 440 g/mol. The number of aromatic nitrogens is 3. The number of anilines is 2. The lowest BCUT2D eigenvalue weighted by Crippen LogP contribution is -2.21. The summed E-state index contributed by atoms with van der Waals surface area (Å²) < 4.78 is 2.17. The van der Waals surface area contributed by atoms with Gasteiger partial charge in [-0.3, -0.25) is 4.79 Å². The largest absolute Gasteiger partial charge is 0.383 e. The molecule has 1 aliphatic carbocycles. The van der Waals surface area contributed by atoms with Gasteiger partial charge in [0.25, 0.3) is 0 Å². The third kappa shape index (κ3) is 3.89. The van der Waals surface area contributed by atoms with Gasteiger partial charge in [0.05, 0.1) is 16.7 Å². The number of amides is 1. The van der Waals surface area contributed by atoms with Crippen LogP contribution in [0, 0.1) is 25.2 Å². The molecule has 3 aromatic heterocycles. The Morgan fingerprint density at radius 1 is 1.37 bits per heavy atom. The Morgan fingerprint density at radius 2 is 2.13 bits per heavy atom. The van der Waals surface area contributed by atoms with Crippen molar-refractivity contribution in [2.75, 3.05) is 16.8 Å². The Hall–Kier alpha value is -2.57. The molecule has 3 aromatic rings. The zero-order valence-electron chi connectivity index (χ0n) is 17.1. The molecule has 1 saturated carbocycles. The number of fused-ring (bicyclic) bond motifs is 1. The number of thiophene rings is 1. The highest BCUT2D eigenvalue weighted by Gasteiger charge is 2.26. The van der Waals surface area contributed by atoms with Crippen LogP contribution in [0.1, 0.15) is 55.0 Å². The lowest BCUT2D eigenvalue weighted by Gasteiger charge is -2.27. The maximum absolute atomic E-state index is 12.8. The van der Waals surface area contributed by atoms with Gasteiger partial charge in [-0.2, -0.15) is 5.26 Å². The molecule has 0 unspecified atom stereocenters. The summed E-state index contributed by atoms with van der Waals surface area (Å²) in [7, 11) is 0. The number of nitriles is 1. The number of thioether (sulfide) groups is 1. The zero-order valence-corrected chi connectivity index (χ0v) is 18.7. The van der Waals surface area contributed by atoms with Crippen LogP contribution >= 0.6 is 23.1 Å². The van der Waals surface area contributed by atoms with E-state index in [-0.39, 0.29) is 11.7 Å². The number of carbonyl (C=O) groups excluding carboxylic acids is 1. The van der Waals surface area contributed by atoms with Crippen molar-refractivity contribution in [3.8, 4) is 6.07 Å². The number of nitrogens with two attached hydrogens (primary N) is 1. The molecule has 0 bridgehead atoms. The fraction of sp³-hybridized carbons (Fsp3) is 0.429. The second-order valence-corrected chi connectivity index (χ2v) is 9.41. The lowest BCUT2D eigenvalue weighted by molar-refractivity contribution is -0.113. The number of hydrogen-bond donors (Lipinski definition) is 2. The SMILES string of the molecule is Cc1c(C#N)c(NC(=O)CSc2nc(N)c3ccsc3n2)n(C2CCCCC2)c1C. The van der Waals surface area contributed by atoms with Crippen molar-refractivity contribution in [1.82, 2.24) is 14.5 Å². The van der Waals surface area contributed by atoms with Crippen LogP contribution in [0.3, 0.4) is 0 Å². The van der Waals surface area contributed by atoms with Crippen LogP contribution in [0.5, 0.6) is 0 Å². The number of rotatable bonds is 5. The van der Waals surface area contributed by atoms with Crippen LogP contribution in [0.2, 0.25) is 0 Å². The van der Waals surface area contributed by atoms with Crippen LogP contribution in [-0.4, -0.2) is 26.2 Å². The summed E-state index contributed by atoms with van der Waals surface area (Å²) in [6.45, 7) is 3.98. The minimum absolute atomic E-state index is 0.148. The highest BCUT2D eigenvalue weighted by molar-refractivity contribution is 7.99. The Balaban J connectivity index is 1.53. The maximum Gasteiger partial charge on any atom is 0.235 e. The van der Waals surface area contributed by atoms with E-state index in [1.807, 2.05) is 25.3 Å². The Labute approximate surface area is 183 Å². The lowest BCUT2D eigenvalue weighted by atomic mass is 9.95. The van der Waals surface area contributed by atoms with Crippen molar-refractivity contribution in [1.29, 1.82) is 5.26 Å². The second-order valence-electron chi connectivity index (χ2n) is 7.58. The molecule has 0 aromatic carbocycles. The minimum atomic E-state index is -0.181. The summed E-state index contributed by atoms with van der Waals surface area (Å²) in [5, 5.41) is 16.0. The Bertz CT molecular complexity index is 1140. The third-order valence-corrected chi connectivity index (χ3v) is 7.39. The first-order valence-electron chi connectivity index (χ1n) is 10.0. The molecule has 1 aliphatic rings. The Kier molecular flexibility index (Phi) is 5.97. The van der Waals surface area contributed by atoms with Gasteiger partial charge < -0.3 is 15.6 Å². The van der Waals surface area contributed by atoms with Gasteiger partial charge in [0, 0.05) is 11.7 Å². The molecule has 0 atom stereocenters. The van der Waals surface area contributed by atoms with Gasteiger partial charge in [0.2, 0.25) is 5.91 Å². The molecular formula is C21H24N6OS2. The number of nitrogen functional groups attached to an aromatic ring is 1. The highest BCUT2D eigenvalue weighted by Crippen LogP contribution is 2.37. The molecule has 9 heteroatoms. The summed E-state index contributed by atoms with van der Waals surface area (Å²) >= 11 is 2.74. The van der Waals surface area contributed by atoms with E-state index in [4.69, 9.17) is 5.73 Å². The molecular weight excluding hydrogens is 416 g/mol. The standard InChI is InChI=1S/C21H24N6OS2/c1-12-13(2)27(14-6-4-3-5-7-14)19(16(12)10-22)24-17(28)11-30-21-25-18(23)15-8-9-29-20(15)26-21/h8-9,14H,3-7,11H2,1-2H3,(H,24,28)(H2,23,25,26). The topological polar surface area (TPSA) is 110 Å². The van der Waals surface area contributed by atoms with Gasteiger partial charge in [-0.05, 0) is 43.7 Å². The van der Waals surface area contributed by atoms with Gasteiger partial charge in [0.15, 0.2) is 5.16 Å². The molecule has 0 aliphatic heterocycles. The second kappa shape index (κ2) is 8.66. The maximum atomic E-state index is 12.8. The van der Waals surface area contributed by atoms with Crippen molar-refractivity contribution >= 4 is 50.9 Å². The average Bonchev–Trinajstić information content (AvgIpc) is 3.30. The van der Waals surface area contributed by atoms with Crippen LogP contribution in [0.15, 0.2) is 16.6 Å². The molecule has 3 N–H and O–H groups in total. The van der Waals surface area contributed by atoms with E-state index >= 15 is 0 Å². The van der Waals surface area contributed by atoms with E-state index < -0.39 is 0 Å². The predicted molar refractivity (Wildman–Crippen MR) is 122 cm³/mol. The molecule has 4 rings (SSSR count). The first-order valence-corrected chi connectivity index (χ1v) is 11.9. The molecule has 30 heavy (non-hydrogen) atoms. The van der Waals surface area contributed by atoms with Gasteiger partial charge in [0.1, 0.15) is 22.5 Å². The summed E-state index contributed by atoms with van der Waals surface area (Å²) in [4.78, 5) is 22.3. The van der Waals surface area contributed by atoms with Gasteiger partial charge in [-0.25, -0.2) is 9.97 Å². The number of nitrogens with one attached hydrogen (secondary N) is 1. The van der Waals surface area contributed by atoms with Gasteiger partial charge >= 0.3 is 0 Å². The molecule has 0 saturated heterocycles. The number of carbonyl (C=O) groups is 1. The molecule has 0 radical (unpaired) electrons. The van der Waals surface area contributed by atoms with Crippen LogP contribution < -0.4 is 11.1 Å². The number of hydrogen-bond acceptors (Lipinski definition) is 7. The van der Waals surface area contributed by atoms with E-state index in [0.717, 1.165) is 34.3 Å². The first kappa shape index (κ1) is 20.7. The van der Waals surface area contributed by atoms with Crippen molar-refractivity contribution in [2.45, 2.75) is 57.1 Å². The zero-order chi connectivity index (χ0) is 21.3. The third-order valence-electron chi connectivity index (χ3n) is 5.73. The quantitative estimate of drug-likeness (QED) is 0.436. The van der Waals surface area contributed by atoms with E-state index in [0.29, 0.717) is 28.4 Å². The molecule has 0 spiro atoms. The smallest absolute Gasteiger partial charge is 0.235 e. The summed E-state index contributed by atoms with van der Waals surface area (Å²) in [5.41, 5.74) is 8.54. The van der Waals surface area contributed by atoms with Crippen LogP contribution in [0.4, 0.5) is 11.6 Å². The number of nitrogens with zero attached hydrogens (tertiary/aromatic N) is 4. The van der Waals surface area contributed by atoms with Gasteiger partial charge in [-0.15, -0.1) is 11.3 Å². The summed E-state index contributed by atoms with van der Waals surface area (Å²) in [5.74, 6) is 1.02. The van der Waals surface area contributed by atoms with Crippen molar-refractivity contribution in [2.24, 2.45) is 0 Å². The van der Waals surface area contributed by atoms with E-state index in [2.05, 4.69) is 25.9 Å². The van der Waals surface area contributed by atoms with Crippen LogP contribution in [0.25, 0.3) is 10.2 Å². The predicted octanol–water partition coefficient (Wildman–Crippen LogP) is 4.80. The van der Waals surface area contributed by atoms with Crippen molar-refractivity contribution in [3.63, 3.8) is 0 Å². The normalized spacial score (nSPS) is 14.7. The van der Waals surface area contributed by atoms with E-state index in [9.17, 15) is 10.1 Å². The first-order chi connectivity index (χ1) is 14.5. The summed E-state index contributed by atoms with van der Waals surface area (Å²) in [6, 6.07) is 4.50. The fourth-order valence-corrected chi connectivity index (χ4v) is 5.58. The van der Waals surface area contributed by atoms with E-state index in [1.54, 1.807) is 0 Å². The molecule has 156 valence electrons. The van der Waals surface area contributed by atoms with Crippen LogP contribution in [-0.2, 0) is 4.79 Å². The van der Waals surface area contributed by atoms with Gasteiger partial charge in [-0.1, -0.05) is 31.0 Å². The average molecular weight is 441 g/mol. The van der Waals surface area contributed by atoms with Crippen molar-refractivity contribution in [3.05, 3.63) is 28.3 Å². The molecule has 3 heterocycles. The fourth-order valence-electron chi connectivity index (χ4n) is 4.10. The molecule has 7 nitrogen and oxygen atoms in total.